The van der Waals surface area contributed by atoms with E-state index in [1.165, 1.54) is 6.08 Å². The molecule has 0 aromatic heterocycles. The van der Waals surface area contributed by atoms with Crippen molar-refractivity contribution in [3.8, 4) is 5.75 Å². The number of nitrogens with one attached hydrogen (secondary N) is 1. The number of rotatable bonds is 16. The van der Waals surface area contributed by atoms with E-state index in [2.05, 4.69) is 60.8 Å². The van der Waals surface area contributed by atoms with Gasteiger partial charge in [0.25, 0.3) is 0 Å². The lowest BCUT2D eigenvalue weighted by Gasteiger charge is -2.30. The first kappa shape index (κ1) is 39.7. The molecule has 0 aliphatic heterocycles. The minimum atomic E-state index is -0.399. The van der Waals surface area contributed by atoms with Gasteiger partial charge >= 0.3 is 0 Å². The van der Waals surface area contributed by atoms with Crippen LogP contribution >= 0.6 is 23.2 Å². The van der Waals surface area contributed by atoms with E-state index < -0.39 is 6.04 Å². The highest BCUT2D eigenvalue weighted by Crippen LogP contribution is 2.28. The number of unbranched alkanes of at least 4 members (excludes halogenated alkanes) is 1. The Kier molecular flexibility index (Phi) is 15.5. The molecule has 262 valence electrons. The number of ether oxygens (including phenoxy) is 1. The SMILES string of the molecule is C.C=C(C)c1ccc(COc2ccc(CC(NC(=O)/C=C/c3ccc(N)cc3)C(=C)N(/C=C(\C)c3ccc(Cl)cc3Cl)CCCC)cc2)cc1. The number of hydrogen-bond donors (Lipinski definition) is 2. The fourth-order valence-corrected chi connectivity index (χ4v) is 5.75. The summed E-state index contributed by atoms with van der Waals surface area (Å²) in [6, 6.07) is 28.6. The van der Waals surface area contributed by atoms with Crippen LogP contribution in [0.3, 0.4) is 0 Å². The van der Waals surface area contributed by atoms with Gasteiger partial charge in [-0.25, -0.2) is 0 Å². The van der Waals surface area contributed by atoms with Crippen LogP contribution in [0.2, 0.25) is 10.0 Å². The van der Waals surface area contributed by atoms with Gasteiger partial charge in [0.15, 0.2) is 0 Å². The van der Waals surface area contributed by atoms with Crippen LogP contribution in [0.1, 0.15) is 68.9 Å². The fraction of sp³-hybridized carbons (Fsp3) is 0.233. The van der Waals surface area contributed by atoms with Crippen molar-refractivity contribution >= 4 is 52.0 Å². The summed E-state index contributed by atoms with van der Waals surface area (Å²) in [7, 11) is 0. The lowest BCUT2D eigenvalue weighted by Crippen LogP contribution is -2.41. The zero-order chi connectivity index (χ0) is 35.3. The van der Waals surface area contributed by atoms with Crippen molar-refractivity contribution in [2.24, 2.45) is 0 Å². The molecule has 0 heterocycles. The Labute approximate surface area is 308 Å². The van der Waals surface area contributed by atoms with Crippen molar-refractivity contribution in [2.45, 2.75) is 60.1 Å². The largest absolute Gasteiger partial charge is 0.489 e. The molecule has 4 aromatic rings. The number of carbonyl (C=O) groups excluding carboxylic acids is 1. The number of amides is 1. The molecule has 0 aliphatic carbocycles. The van der Waals surface area contributed by atoms with Crippen molar-refractivity contribution in [3.63, 3.8) is 0 Å². The molecule has 0 aliphatic rings. The molecule has 0 spiro atoms. The normalized spacial score (nSPS) is 11.8. The molecule has 0 saturated carbocycles. The summed E-state index contributed by atoms with van der Waals surface area (Å²) in [4.78, 5) is 15.4. The molecule has 1 amide bonds. The number of nitrogens with two attached hydrogens (primary N) is 1. The number of anilines is 1. The van der Waals surface area contributed by atoms with Crippen molar-refractivity contribution < 1.29 is 9.53 Å². The number of allylic oxidation sites excluding steroid dienone is 2. The van der Waals surface area contributed by atoms with Crippen LogP contribution < -0.4 is 15.8 Å². The van der Waals surface area contributed by atoms with E-state index in [1.807, 2.05) is 74.5 Å². The lowest BCUT2D eigenvalue weighted by atomic mass is 10.0. The molecule has 0 radical (unpaired) electrons. The first-order valence-corrected chi connectivity index (χ1v) is 17.2. The van der Waals surface area contributed by atoms with E-state index in [0.717, 1.165) is 69.8 Å². The number of carbonyl (C=O) groups is 1. The minimum Gasteiger partial charge on any atom is -0.489 e. The highest BCUT2D eigenvalue weighted by Gasteiger charge is 2.20. The van der Waals surface area contributed by atoms with Gasteiger partial charge in [0, 0.05) is 40.3 Å². The van der Waals surface area contributed by atoms with Crippen molar-refractivity contribution in [1.29, 1.82) is 0 Å². The number of nitrogen functional groups attached to an aromatic ring is 1. The molecule has 5 nitrogen and oxygen atoms in total. The summed E-state index contributed by atoms with van der Waals surface area (Å²) < 4.78 is 6.07. The topological polar surface area (TPSA) is 67.6 Å². The van der Waals surface area contributed by atoms with E-state index in [4.69, 9.17) is 33.7 Å². The Bertz CT molecular complexity index is 1790. The van der Waals surface area contributed by atoms with E-state index in [1.54, 1.807) is 12.1 Å². The van der Waals surface area contributed by atoms with Gasteiger partial charge in [-0.2, -0.15) is 0 Å². The number of benzene rings is 4. The smallest absolute Gasteiger partial charge is 0.244 e. The third-order valence-corrected chi connectivity index (χ3v) is 8.67. The second-order valence-electron chi connectivity index (χ2n) is 12.1. The van der Waals surface area contributed by atoms with Crippen molar-refractivity contribution in [1.82, 2.24) is 10.2 Å². The summed E-state index contributed by atoms with van der Waals surface area (Å²) in [5.41, 5.74) is 14.2. The standard InChI is InChI=1S/C42H45Cl2N3O2.CH4/c1-6-7-24-47(27-30(4)39-22-17-36(43)26-40(39)44)31(5)41(46-42(48)23-14-32-10-18-37(45)19-11-32)25-33-12-20-38(21-13-33)49-28-34-8-15-35(16-9-34)29(2)3;/h8-23,26-27,41H,2,5-7,24-25,28,45H2,1,3-4H3,(H,46,48);1H4/b23-14+,30-27+;. The van der Waals surface area contributed by atoms with Gasteiger partial charge in [-0.15, -0.1) is 0 Å². The highest BCUT2D eigenvalue weighted by molar-refractivity contribution is 6.35. The van der Waals surface area contributed by atoms with Crippen molar-refractivity contribution in [2.75, 3.05) is 12.3 Å². The van der Waals surface area contributed by atoms with Gasteiger partial charge in [0.1, 0.15) is 12.4 Å². The predicted molar refractivity (Wildman–Crippen MR) is 215 cm³/mol. The molecule has 0 saturated heterocycles. The lowest BCUT2D eigenvalue weighted by molar-refractivity contribution is -0.117. The van der Waals surface area contributed by atoms with Crippen LogP contribution in [0.15, 0.2) is 122 Å². The molecule has 50 heavy (non-hydrogen) atoms. The molecule has 0 fully saturated rings. The maximum Gasteiger partial charge on any atom is 0.244 e. The molecule has 1 atom stereocenters. The zero-order valence-corrected chi connectivity index (χ0v) is 30.0. The van der Waals surface area contributed by atoms with E-state index in [9.17, 15) is 4.79 Å². The van der Waals surface area contributed by atoms with E-state index >= 15 is 0 Å². The molecule has 3 N–H and O–H groups in total. The van der Waals surface area contributed by atoms with Gasteiger partial charge in [-0.3, -0.25) is 4.79 Å². The van der Waals surface area contributed by atoms with Gasteiger partial charge in [0.2, 0.25) is 5.91 Å². The van der Waals surface area contributed by atoms with E-state index in [0.29, 0.717) is 28.8 Å². The van der Waals surface area contributed by atoms with Gasteiger partial charge < -0.3 is 20.7 Å². The highest BCUT2D eigenvalue weighted by atomic mass is 35.5. The maximum absolute atomic E-state index is 13.3. The number of hydrogen-bond acceptors (Lipinski definition) is 4. The first-order valence-electron chi connectivity index (χ1n) is 16.4. The summed E-state index contributed by atoms with van der Waals surface area (Å²) in [5.74, 6) is 0.541. The van der Waals surface area contributed by atoms with Crippen LogP contribution in [-0.4, -0.2) is 23.4 Å². The van der Waals surface area contributed by atoms with Crippen LogP contribution in [-0.2, 0) is 17.8 Å². The van der Waals surface area contributed by atoms with Crippen LogP contribution in [0.25, 0.3) is 17.2 Å². The molecule has 4 rings (SSSR count). The summed E-state index contributed by atoms with van der Waals surface area (Å²) in [6.07, 6.45) is 7.83. The Hall–Kier alpha value is -4.71. The molecule has 0 bridgehead atoms. The monoisotopic (exact) mass is 709 g/mol. The quantitative estimate of drug-likeness (QED) is 0.0897. The zero-order valence-electron chi connectivity index (χ0n) is 28.5. The molecule has 4 aromatic carbocycles. The van der Waals surface area contributed by atoms with Crippen LogP contribution in [0.4, 0.5) is 5.69 Å². The van der Waals surface area contributed by atoms with Gasteiger partial charge in [0.05, 0.1) is 6.04 Å². The number of halogens is 2. The van der Waals surface area contributed by atoms with E-state index in [-0.39, 0.29) is 13.3 Å². The summed E-state index contributed by atoms with van der Waals surface area (Å²) in [6.45, 7) is 15.9. The average Bonchev–Trinajstić information content (AvgIpc) is 3.09. The molecular weight excluding hydrogens is 661 g/mol. The third-order valence-electron chi connectivity index (χ3n) is 8.12. The summed E-state index contributed by atoms with van der Waals surface area (Å²) in [5, 5.41) is 4.36. The minimum absolute atomic E-state index is 0. The molecule has 7 heteroatoms. The Morgan fingerprint density at radius 3 is 2.22 bits per heavy atom. The second kappa shape index (κ2) is 19.5. The second-order valence-corrected chi connectivity index (χ2v) is 13.0. The number of nitrogens with zero attached hydrogens (tertiary/aromatic N) is 1. The van der Waals surface area contributed by atoms with Crippen LogP contribution in [0.5, 0.6) is 5.75 Å². The first-order chi connectivity index (χ1) is 23.5. The Balaban J connectivity index is 0.00000676. The van der Waals surface area contributed by atoms with Crippen molar-refractivity contribution in [3.05, 3.63) is 160 Å². The van der Waals surface area contributed by atoms with Gasteiger partial charge in [-0.05, 0) is 103 Å². The summed E-state index contributed by atoms with van der Waals surface area (Å²) >= 11 is 12.7. The van der Waals surface area contributed by atoms with Crippen LogP contribution in [0, 0.1) is 0 Å². The average molecular weight is 711 g/mol. The fourth-order valence-electron chi connectivity index (χ4n) is 5.19. The predicted octanol–water partition coefficient (Wildman–Crippen LogP) is 11.2. The maximum atomic E-state index is 13.3. The third kappa shape index (κ3) is 12.0. The Morgan fingerprint density at radius 1 is 0.940 bits per heavy atom. The molecular formula is C43H49Cl2N3O2. The Morgan fingerprint density at radius 2 is 1.60 bits per heavy atom. The molecule has 1 unspecified atom stereocenters. The van der Waals surface area contributed by atoms with Gasteiger partial charge in [-0.1, -0.05) is 117 Å².